The second-order valence-electron chi connectivity index (χ2n) is 4.24. The van der Waals surface area contributed by atoms with Crippen LogP contribution in [-0.4, -0.2) is 17.6 Å². The second kappa shape index (κ2) is 6.14. The maximum absolute atomic E-state index is 13.2. The summed E-state index contributed by atoms with van der Waals surface area (Å²) in [6.07, 6.45) is 1.44. The molecule has 0 saturated carbocycles. The number of ether oxygens (including phenoxy) is 1. The summed E-state index contributed by atoms with van der Waals surface area (Å²) in [5.41, 5.74) is 1.69. The molecule has 2 rings (SSSR count). The van der Waals surface area contributed by atoms with Crippen molar-refractivity contribution in [2.75, 3.05) is 11.9 Å². The zero-order valence-electron chi connectivity index (χ0n) is 11.3. The van der Waals surface area contributed by atoms with Crippen molar-refractivity contribution in [3.63, 3.8) is 0 Å². The van der Waals surface area contributed by atoms with Crippen LogP contribution in [0.1, 0.15) is 22.8 Å². The first-order valence-corrected chi connectivity index (χ1v) is 6.26. The number of anilines is 2. The van der Waals surface area contributed by atoms with E-state index in [0.717, 1.165) is 5.69 Å². The minimum atomic E-state index is -0.399. The molecule has 0 atom stereocenters. The monoisotopic (exact) mass is 274 g/mol. The molecule has 1 N–H and O–H groups in total. The van der Waals surface area contributed by atoms with Crippen molar-refractivity contribution < 1.29 is 13.9 Å². The first kappa shape index (κ1) is 14.0. The standard InChI is InChI=1S/C15H15FN2O2/c1-3-20-15(19)11-4-7-14(17-9-11)18-12-5-6-13(16)10(2)8-12/h4-9H,3H2,1-2H3,(H,17,18). The van der Waals surface area contributed by atoms with Gasteiger partial charge in [0, 0.05) is 11.9 Å². The lowest BCUT2D eigenvalue weighted by Gasteiger charge is -2.07. The van der Waals surface area contributed by atoms with E-state index in [2.05, 4.69) is 10.3 Å². The van der Waals surface area contributed by atoms with Gasteiger partial charge in [-0.05, 0) is 49.7 Å². The molecule has 1 heterocycles. The number of hydrogen-bond donors (Lipinski definition) is 1. The summed E-state index contributed by atoms with van der Waals surface area (Å²) in [5.74, 6) is -0.0746. The molecule has 0 fully saturated rings. The second-order valence-corrected chi connectivity index (χ2v) is 4.24. The Morgan fingerprint density at radius 3 is 2.75 bits per heavy atom. The third-order valence-corrected chi connectivity index (χ3v) is 2.70. The van der Waals surface area contributed by atoms with Crippen molar-refractivity contribution in [3.8, 4) is 0 Å². The minimum Gasteiger partial charge on any atom is -0.462 e. The molecule has 0 aliphatic rings. The Kier molecular flexibility index (Phi) is 4.30. The van der Waals surface area contributed by atoms with Crippen LogP contribution in [0.25, 0.3) is 0 Å². The number of esters is 1. The van der Waals surface area contributed by atoms with E-state index >= 15 is 0 Å². The first-order chi connectivity index (χ1) is 9.60. The van der Waals surface area contributed by atoms with Crippen molar-refractivity contribution in [1.82, 2.24) is 4.98 Å². The van der Waals surface area contributed by atoms with Gasteiger partial charge in [-0.2, -0.15) is 0 Å². The fourth-order valence-electron chi connectivity index (χ4n) is 1.67. The van der Waals surface area contributed by atoms with Gasteiger partial charge in [0.2, 0.25) is 0 Å². The van der Waals surface area contributed by atoms with E-state index in [4.69, 9.17) is 4.74 Å². The number of rotatable bonds is 4. The van der Waals surface area contributed by atoms with E-state index in [0.29, 0.717) is 23.6 Å². The Balaban J connectivity index is 2.10. The normalized spacial score (nSPS) is 10.2. The molecule has 0 amide bonds. The first-order valence-electron chi connectivity index (χ1n) is 6.26. The zero-order valence-corrected chi connectivity index (χ0v) is 11.3. The van der Waals surface area contributed by atoms with Gasteiger partial charge in [0.15, 0.2) is 0 Å². The van der Waals surface area contributed by atoms with Gasteiger partial charge in [-0.25, -0.2) is 14.2 Å². The number of aromatic nitrogens is 1. The quantitative estimate of drug-likeness (QED) is 0.868. The van der Waals surface area contributed by atoms with E-state index in [-0.39, 0.29) is 5.82 Å². The van der Waals surface area contributed by atoms with Crippen LogP contribution >= 0.6 is 0 Å². The van der Waals surface area contributed by atoms with Crippen molar-refractivity contribution >= 4 is 17.5 Å². The van der Waals surface area contributed by atoms with E-state index < -0.39 is 5.97 Å². The van der Waals surface area contributed by atoms with E-state index in [1.54, 1.807) is 38.1 Å². The van der Waals surface area contributed by atoms with Crippen LogP contribution in [0.15, 0.2) is 36.5 Å². The number of nitrogens with one attached hydrogen (secondary N) is 1. The predicted molar refractivity (Wildman–Crippen MR) is 74.6 cm³/mol. The fraction of sp³-hybridized carbons (Fsp3) is 0.200. The average Bonchev–Trinajstić information content (AvgIpc) is 2.44. The molecule has 0 radical (unpaired) electrons. The molecule has 0 aliphatic carbocycles. The molecule has 0 unspecified atom stereocenters. The molecule has 5 heteroatoms. The molecule has 0 aliphatic heterocycles. The van der Waals surface area contributed by atoms with Crippen molar-refractivity contribution in [3.05, 3.63) is 53.5 Å². The summed E-state index contributed by atoms with van der Waals surface area (Å²) < 4.78 is 18.0. The van der Waals surface area contributed by atoms with Crippen LogP contribution in [0.2, 0.25) is 0 Å². The van der Waals surface area contributed by atoms with Crippen LogP contribution in [0, 0.1) is 12.7 Å². The summed E-state index contributed by atoms with van der Waals surface area (Å²) in [4.78, 5) is 15.6. The molecular formula is C15H15FN2O2. The lowest BCUT2D eigenvalue weighted by Crippen LogP contribution is -2.05. The smallest absolute Gasteiger partial charge is 0.339 e. The van der Waals surface area contributed by atoms with Gasteiger partial charge in [-0.1, -0.05) is 0 Å². The highest BCUT2D eigenvalue weighted by atomic mass is 19.1. The zero-order chi connectivity index (χ0) is 14.5. The van der Waals surface area contributed by atoms with E-state index in [1.165, 1.54) is 12.3 Å². The Hall–Kier alpha value is -2.43. The van der Waals surface area contributed by atoms with Gasteiger partial charge < -0.3 is 10.1 Å². The molecule has 0 spiro atoms. The highest BCUT2D eigenvalue weighted by Crippen LogP contribution is 2.18. The van der Waals surface area contributed by atoms with Crippen LogP contribution in [0.5, 0.6) is 0 Å². The molecule has 0 bridgehead atoms. The van der Waals surface area contributed by atoms with Crippen LogP contribution in [0.3, 0.4) is 0 Å². The number of hydrogen-bond acceptors (Lipinski definition) is 4. The Bertz CT molecular complexity index is 612. The van der Waals surface area contributed by atoms with Gasteiger partial charge in [0.25, 0.3) is 0 Å². The molecule has 0 saturated heterocycles. The third-order valence-electron chi connectivity index (χ3n) is 2.70. The van der Waals surface area contributed by atoms with Crippen LogP contribution in [0.4, 0.5) is 15.9 Å². The molecule has 104 valence electrons. The molecule has 4 nitrogen and oxygen atoms in total. The van der Waals surface area contributed by atoms with Gasteiger partial charge in [0.1, 0.15) is 11.6 Å². The number of carbonyl (C=O) groups excluding carboxylic acids is 1. The summed E-state index contributed by atoms with van der Waals surface area (Å²) >= 11 is 0. The number of halogens is 1. The minimum absolute atomic E-state index is 0.249. The highest BCUT2D eigenvalue weighted by molar-refractivity contribution is 5.89. The summed E-state index contributed by atoms with van der Waals surface area (Å²) in [6.45, 7) is 3.77. The largest absolute Gasteiger partial charge is 0.462 e. The summed E-state index contributed by atoms with van der Waals surface area (Å²) in [7, 11) is 0. The number of carbonyl (C=O) groups is 1. The maximum atomic E-state index is 13.2. The van der Waals surface area contributed by atoms with Gasteiger partial charge in [0.05, 0.1) is 12.2 Å². The lowest BCUT2D eigenvalue weighted by molar-refractivity contribution is 0.0526. The fourth-order valence-corrected chi connectivity index (χ4v) is 1.67. The average molecular weight is 274 g/mol. The topological polar surface area (TPSA) is 51.2 Å². The lowest BCUT2D eigenvalue weighted by atomic mass is 10.2. The summed E-state index contributed by atoms with van der Waals surface area (Å²) in [6, 6.07) is 8.01. The van der Waals surface area contributed by atoms with Crippen molar-refractivity contribution in [2.24, 2.45) is 0 Å². The SMILES string of the molecule is CCOC(=O)c1ccc(Nc2ccc(F)c(C)c2)nc1. The van der Waals surface area contributed by atoms with E-state index in [1.807, 2.05) is 0 Å². The van der Waals surface area contributed by atoms with E-state index in [9.17, 15) is 9.18 Å². The predicted octanol–water partition coefficient (Wildman–Crippen LogP) is 3.45. The van der Waals surface area contributed by atoms with Crippen molar-refractivity contribution in [2.45, 2.75) is 13.8 Å². The van der Waals surface area contributed by atoms with Crippen LogP contribution in [-0.2, 0) is 4.74 Å². The molecule has 20 heavy (non-hydrogen) atoms. The molecular weight excluding hydrogens is 259 g/mol. The van der Waals surface area contributed by atoms with Crippen LogP contribution < -0.4 is 5.32 Å². The third kappa shape index (κ3) is 3.32. The number of pyridine rings is 1. The van der Waals surface area contributed by atoms with Gasteiger partial charge >= 0.3 is 5.97 Å². The number of benzene rings is 1. The Morgan fingerprint density at radius 2 is 2.15 bits per heavy atom. The highest BCUT2D eigenvalue weighted by Gasteiger charge is 2.07. The maximum Gasteiger partial charge on any atom is 0.339 e. The van der Waals surface area contributed by atoms with Crippen molar-refractivity contribution in [1.29, 1.82) is 0 Å². The molecule has 1 aromatic carbocycles. The molecule has 2 aromatic rings. The Morgan fingerprint density at radius 1 is 1.35 bits per heavy atom. The van der Waals surface area contributed by atoms with Gasteiger partial charge in [-0.15, -0.1) is 0 Å². The number of aryl methyl sites for hydroxylation is 1. The Labute approximate surface area is 116 Å². The summed E-state index contributed by atoms with van der Waals surface area (Å²) in [5, 5.41) is 3.04. The number of nitrogens with zero attached hydrogens (tertiary/aromatic N) is 1. The molecule has 1 aromatic heterocycles. The van der Waals surface area contributed by atoms with Gasteiger partial charge in [-0.3, -0.25) is 0 Å².